The predicted octanol–water partition coefficient (Wildman–Crippen LogP) is 7.21. The summed E-state index contributed by atoms with van der Waals surface area (Å²) in [7, 11) is 0. The van der Waals surface area contributed by atoms with Gasteiger partial charge in [0.2, 0.25) is 5.78 Å². The maximum absolute atomic E-state index is 15.4. The molecule has 0 bridgehead atoms. The number of aromatic nitrogens is 1. The molecule has 3 rings (SSSR count). The van der Waals surface area contributed by atoms with Crippen molar-refractivity contribution in [3.8, 4) is 11.3 Å². The number of hydrogen-bond acceptors (Lipinski definition) is 5. The van der Waals surface area contributed by atoms with Crippen molar-refractivity contribution < 1.29 is 32.6 Å². The fourth-order valence-corrected chi connectivity index (χ4v) is 4.33. The fraction of sp³-hybridized carbons (Fsp3) is 0.296. The SMILES string of the molecule is CCCCOC(CC)c1cccc(-c2csc(C(=O)c3cc(F)c(C=C(C)C(=O)O)c(F)c3)n2)c1F. The molecule has 3 aromatic rings. The molecule has 1 atom stereocenters. The molecule has 1 N–H and O–H groups in total. The molecule has 1 unspecified atom stereocenters. The van der Waals surface area contributed by atoms with Crippen LogP contribution >= 0.6 is 11.3 Å². The second-order valence-electron chi connectivity index (χ2n) is 8.18. The number of halogens is 3. The number of aliphatic carboxylic acids is 1. The standard InChI is InChI=1S/C27H26F3NO4S/c1-4-6-10-35-23(5-2)18-9-7-8-17(24(18)30)22-14-36-26(31-22)25(32)16-12-20(28)19(21(29)13-16)11-15(3)27(33)34/h7-9,11-14,23H,4-6,10H2,1-3H3,(H,33,34). The summed E-state index contributed by atoms with van der Waals surface area (Å²) in [6.45, 7) is 5.67. The summed E-state index contributed by atoms with van der Waals surface area (Å²) in [6.07, 6.45) is 2.85. The Hall–Kier alpha value is -3.30. The Balaban J connectivity index is 1.90. The van der Waals surface area contributed by atoms with Gasteiger partial charge in [-0.25, -0.2) is 22.9 Å². The van der Waals surface area contributed by atoms with Gasteiger partial charge < -0.3 is 9.84 Å². The molecule has 0 amide bonds. The molecule has 0 fully saturated rings. The third-order valence-electron chi connectivity index (χ3n) is 5.58. The van der Waals surface area contributed by atoms with Crippen LogP contribution in [-0.2, 0) is 9.53 Å². The van der Waals surface area contributed by atoms with E-state index in [-0.39, 0.29) is 27.4 Å². The van der Waals surface area contributed by atoms with Crippen molar-refractivity contribution in [1.82, 2.24) is 4.98 Å². The van der Waals surface area contributed by atoms with Crippen LogP contribution in [-0.4, -0.2) is 28.4 Å². The second kappa shape index (κ2) is 12.1. The molecule has 0 aliphatic carbocycles. The van der Waals surface area contributed by atoms with Crippen LogP contribution in [0.2, 0.25) is 0 Å². The number of rotatable bonds is 11. The number of ketones is 1. The Kier molecular flexibility index (Phi) is 9.17. The summed E-state index contributed by atoms with van der Waals surface area (Å²) >= 11 is 0.930. The highest BCUT2D eigenvalue weighted by Gasteiger charge is 2.22. The maximum Gasteiger partial charge on any atom is 0.331 e. The lowest BCUT2D eigenvalue weighted by atomic mass is 10.0. The van der Waals surface area contributed by atoms with Crippen LogP contribution in [0, 0.1) is 17.5 Å². The number of ether oxygens (including phenoxy) is 1. The van der Waals surface area contributed by atoms with E-state index in [9.17, 15) is 18.4 Å². The smallest absolute Gasteiger partial charge is 0.331 e. The molecule has 0 aliphatic heterocycles. The van der Waals surface area contributed by atoms with Gasteiger partial charge in [-0.2, -0.15) is 0 Å². The molecule has 0 spiro atoms. The molecule has 2 aromatic carbocycles. The van der Waals surface area contributed by atoms with Crippen molar-refractivity contribution in [2.45, 2.75) is 46.1 Å². The highest BCUT2D eigenvalue weighted by atomic mass is 32.1. The minimum Gasteiger partial charge on any atom is -0.478 e. The Morgan fingerprint density at radius 1 is 1.17 bits per heavy atom. The van der Waals surface area contributed by atoms with E-state index in [1.807, 2.05) is 13.8 Å². The molecule has 36 heavy (non-hydrogen) atoms. The lowest BCUT2D eigenvalue weighted by Crippen LogP contribution is -2.08. The van der Waals surface area contributed by atoms with E-state index >= 15 is 4.39 Å². The van der Waals surface area contributed by atoms with Crippen molar-refractivity contribution in [2.75, 3.05) is 6.61 Å². The number of unbranched alkanes of at least 4 members (excludes halogenated alkanes) is 1. The Morgan fingerprint density at radius 3 is 2.47 bits per heavy atom. The number of thiazole rings is 1. The molecule has 0 radical (unpaired) electrons. The van der Waals surface area contributed by atoms with E-state index in [1.54, 1.807) is 18.2 Å². The quantitative estimate of drug-likeness (QED) is 0.165. The van der Waals surface area contributed by atoms with Crippen LogP contribution in [0.4, 0.5) is 13.2 Å². The van der Waals surface area contributed by atoms with Gasteiger partial charge in [0, 0.05) is 39.8 Å². The van der Waals surface area contributed by atoms with Gasteiger partial charge in [0.15, 0.2) is 5.01 Å². The van der Waals surface area contributed by atoms with Crippen LogP contribution in [0.3, 0.4) is 0 Å². The first-order valence-corrected chi connectivity index (χ1v) is 12.4. The number of carboxylic acid groups (broad SMARTS) is 1. The van der Waals surface area contributed by atoms with Crippen LogP contribution < -0.4 is 0 Å². The first-order valence-electron chi connectivity index (χ1n) is 11.5. The average molecular weight is 518 g/mol. The van der Waals surface area contributed by atoms with E-state index in [0.717, 1.165) is 42.4 Å². The Labute approximate surface area is 211 Å². The molecule has 1 aromatic heterocycles. The molecule has 5 nitrogen and oxygen atoms in total. The van der Waals surface area contributed by atoms with Crippen LogP contribution in [0.1, 0.15) is 72.6 Å². The number of carboxylic acids is 1. The van der Waals surface area contributed by atoms with Gasteiger partial charge in [0.1, 0.15) is 17.5 Å². The highest BCUT2D eigenvalue weighted by molar-refractivity contribution is 7.12. The normalized spacial score (nSPS) is 12.6. The molecular formula is C27H26F3NO4S. The van der Waals surface area contributed by atoms with Gasteiger partial charge in [-0.1, -0.05) is 32.4 Å². The molecule has 0 saturated carbocycles. The Morgan fingerprint density at radius 2 is 1.86 bits per heavy atom. The number of benzene rings is 2. The van der Waals surface area contributed by atoms with E-state index in [1.165, 1.54) is 12.3 Å². The van der Waals surface area contributed by atoms with E-state index < -0.39 is 40.9 Å². The minimum absolute atomic E-state index is 0.0650. The zero-order chi connectivity index (χ0) is 26.4. The van der Waals surface area contributed by atoms with Crippen LogP contribution in [0.15, 0.2) is 41.3 Å². The molecular weight excluding hydrogens is 491 g/mol. The summed E-state index contributed by atoms with van der Waals surface area (Å²) in [5, 5.41) is 10.4. The molecule has 190 valence electrons. The minimum atomic E-state index is -1.32. The van der Waals surface area contributed by atoms with Crippen molar-refractivity contribution >= 4 is 29.2 Å². The molecule has 0 saturated heterocycles. The van der Waals surface area contributed by atoms with E-state index in [4.69, 9.17) is 9.84 Å². The van der Waals surface area contributed by atoms with Crippen LogP contribution in [0.5, 0.6) is 0 Å². The second-order valence-corrected chi connectivity index (χ2v) is 9.04. The Bertz CT molecular complexity index is 1280. The van der Waals surface area contributed by atoms with Gasteiger partial charge >= 0.3 is 5.97 Å². The monoisotopic (exact) mass is 517 g/mol. The van der Waals surface area contributed by atoms with E-state index in [2.05, 4.69) is 4.98 Å². The third kappa shape index (κ3) is 6.09. The molecule has 1 heterocycles. The summed E-state index contributed by atoms with van der Waals surface area (Å²) in [6, 6.07) is 6.55. The highest BCUT2D eigenvalue weighted by Crippen LogP contribution is 2.32. The summed E-state index contributed by atoms with van der Waals surface area (Å²) in [5.41, 5.74) is -0.290. The number of nitrogens with zero attached hydrogens (tertiary/aromatic N) is 1. The molecule has 9 heteroatoms. The topological polar surface area (TPSA) is 76.5 Å². The van der Waals surface area contributed by atoms with E-state index in [0.29, 0.717) is 18.6 Å². The van der Waals surface area contributed by atoms with Gasteiger partial charge in [0.25, 0.3) is 0 Å². The van der Waals surface area contributed by atoms with Crippen molar-refractivity contribution in [1.29, 1.82) is 0 Å². The van der Waals surface area contributed by atoms with Gasteiger partial charge in [-0.15, -0.1) is 11.3 Å². The van der Waals surface area contributed by atoms with Gasteiger partial charge in [-0.05, 0) is 44.0 Å². The number of carbonyl (C=O) groups is 2. The zero-order valence-electron chi connectivity index (χ0n) is 20.1. The largest absolute Gasteiger partial charge is 0.478 e. The predicted molar refractivity (Wildman–Crippen MR) is 132 cm³/mol. The third-order valence-corrected chi connectivity index (χ3v) is 6.42. The van der Waals surface area contributed by atoms with Crippen LogP contribution in [0.25, 0.3) is 17.3 Å². The molecule has 0 aliphatic rings. The van der Waals surface area contributed by atoms with Gasteiger partial charge in [0.05, 0.1) is 11.8 Å². The first-order chi connectivity index (χ1) is 17.2. The van der Waals surface area contributed by atoms with Crippen molar-refractivity contribution in [3.05, 3.63) is 80.4 Å². The fourth-order valence-electron chi connectivity index (χ4n) is 3.55. The van der Waals surface area contributed by atoms with Crippen molar-refractivity contribution in [2.24, 2.45) is 0 Å². The number of hydrogen-bond donors (Lipinski definition) is 1. The zero-order valence-corrected chi connectivity index (χ0v) is 20.9. The van der Waals surface area contributed by atoms with Gasteiger partial charge in [-0.3, -0.25) is 4.79 Å². The summed E-state index contributed by atoms with van der Waals surface area (Å²) in [4.78, 5) is 28.1. The lowest BCUT2D eigenvalue weighted by molar-refractivity contribution is -0.132. The average Bonchev–Trinajstić information content (AvgIpc) is 3.34. The number of carbonyl (C=O) groups excluding carboxylic acids is 1. The maximum atomic E-state index is 15.4. The first kappa shape index (κ1) is 27.3. The summed E-state index contributed by atoms with van der Waals surface area (Å²) < 4.78 is 50.2. The summed E-state index contributed by atoms with van der Waals surface area (Å²) in [5.74, 6) is -4.71. The lowest BCUT2D eigenvalue weighted by Gasteiger charge is -2.18. The van der Waals surface area contributed by atoms with Crippen molar-refractivity contribution in [3.63, 3.8) is 0 Å².